The maximum Gasteiger partial charge on any atom is 0.333 e. The number of imidazole rings is 1. The first-order chi connectivity index (χ1) is 14.9. The molecule has 31 heavy (non-hydrogen) atoms. The van der Waals surface area contributed by atoms with Crippen molar-refractivity contribution >= 4 is 21.9 Å². The zero-order valence-electron chi connectivity index (χ0n) is 17.3. The Kier molecular flexibility index (Phi) is 4.10. The molecule has 0 bridgehead atoms. The molecular formula is C21H18FN7O2. The van der Waals surface area contributed by atoms with Gasteiger partial charge in [0, 0.05) is 37.3 Å². The minimum absolute atomic E-state index is 0.162. The molecule has 0 saturated heterocycles. The normalized spacial score (nSPS) is 11.5. The Bertz CT molecular complexity index is 1530. The zero-order chi connectivity index (χ0) is 21.9. The Morgan fingerprint density at radius 3 is 2.61 bits per heavy atom. The first kappa shape index (κ1) is 18.9. The highest BCUT2D eigenvalue weighted by Gasteiger charge is 2.22. The first-order valence-corrected chi connectivity index (χ1v) is 9.46. The largest absolute Gasteiger partial charge is 0.496 e. The van der Waals surface area contributed by atoms with Gasteiger partial charge < -0.3 is 4.74 Å². The average molecular weight is 419 g/mol. The van der Waals surface area contributed by atoms with E-state index < -0.39 is 5.82 Å². The quantitative estimate of drug-likeness (QED) is 0.446. The van der Waals surface area contributed by atoms with Crippen molar-refractivity contribution in [3.05, 3.63) is 58.8 Å². The molecule has 10 heteroatoms. The molecule has 5 aromatic rings. The van der Waals surface area contributed by atoms with E-state index in [0.717, 1.165) is 6.20 Å². The highest BCUT2D eigenvalue weighted by Crippen LogP contribution is 2.36. The predicted octanol–water partition coefficient (Wildman–Crippen LogP) is 2.52. The summed E-state index contributed by atoms with van der Waals surface area (Å²) in [6, 6.07) is 3.62. The van der Waals surface area contributed by atoms with Gasteiger partial charge in [-0.1, -0.05) is 5.21 Å². The van der Waals surface area contributed by atoms with Crippen molar-refractivity contribution < 1.29 is 9.13 Å². The van der Waals surface area contributed by atoms with Crippen LogP contribution in [-0.2, 0) is 14.1 Å². The van der Waals surface area contributed by atoms with Gasteiger partial charge in [0.25, 0.3) is 0 Å². The summed E-state index contributed by atoms with van der Waals surface area (Å²) in [6.07, 6.45) is 6.00. The van der Waals surface area contributed by atoms with Crippen LogP contribution in [0, 0.1) is 12.7 Å². The number of nitrogens with zero attached hydrogens (tertiary/aromatic N) is 7. The van der Waals surface area contributed by atoms with E-state index in [0.29, 0.717) is 44.5 Å². The fourth-order valence-electron chi connectivity index (χ4n) is 3.88. The van der Waals surface area contributed by atoms with Gasteiger partial charge in [0.05, 0.1) is 47.9 Å². The molecule has 0 fully saturated rings. The minimum atomic E-state index is -0.581. The van der Waals surface area contributed by atoms with Gasteiger partial charge in [-0.25, -0.2) is 9.18 Å². The second kappa shape index (κ2) is 6.73. The molecule has 4 heterocycles. The van der Waals surface area contributed by atoms with Gasteiger partial charge in [0.1, 0.15) is 11.4 Å². The Morgan fingerprint density at radius 2 is 1.94 bits per heavy atom. The lowest BCUT2D eigenvalue weighted by molar-refractivity contribution is 0.417. The van der Waals surface area contributed by atoms with Crippen LogP contribution in [0.3, 0.4) is 0 Å². The number of hydrogen-bond donors (Lipinski definition) is 0. The summed E-state index contributed by atoms with van der Waals surface area (Å²) in [5.41, 5.74) is 3.33. The molecule has 0 amide bonds. The van der Waals surface area contributed by atoms with Crippen LogP contribution in [-0.4, -0.2) is 41.2 Å². The van der Waals surface area contributed by atoms with Crippen LogP contribution in [0.25, 0.3) is 38.9 Å². The fraction of sp³-hybridized carbons (Fsp3) is 0.190. The number of methoxy groups -OCH3 is 1. The van der Waals surface area contributed by atoms with Crippen molar-refractivity contribution in [2.45, 2.75) is 6.92 Å². The van der Waals surface area contributed by atoms with Crippen molar-refractivity contribution in [2.24, 2.45) is 14.1 Å². The first-order valence-electron chi connectivity index (χ1n) is 9.46. The molecule has 0 aliphatic heterocycles. The Hall–Kier alpha value is -4.08. The number of aromatic nitrogens is 7. The second-order valence-corrected chi connectivity index (χ2v) is 7.30. The fourth-order valence-corrected chi connectivity index (χ4v) is 3.88. The van der Waals surface area contributed by atoms with Crippen LogP contribution in [0.5, 0.6) is 5.75 Å². The topological polar surface area (TPSA) is 92.7 Å². The average Bonchev–Trinajstić information content (AvgIpc) is 3.29. The molecule has 156 valence electrons. The highest BCUT2D eigenvalue weighted by molar-refractivity contribution is 6.05. The molecule has 0 spiro atoms. The van der Waals surface area contributed by atoms with Crippen molar-refractivity contribution in [1.82, 2.24) is 34.1 Å². The summed E-state index contributed by atoms with van der Waals surface area (Å²) >= 11 is 0. The predicted molar refractivity (Wildman–Crippen MR) is 113 cm³/mol. The number of ether oxygens (including phenoxy) is 1. The number of benzene rings is 1. The van der Waals surface area contributed by atoms with Gasteiger partial charge in [-0.15, -0.1) is 5.10 Å². The van der Waals surface area contributed by atoms with Gasteiger partial charge in [0.15, 0.2) is 5.82 Å². The maximum atomic E-state index is 14.8. The van der Waals surface area contributed by atoms with Crippen molar-refractivity contribution in [3.63, 3.8) is 0 Å². The third-order valence-corrected chi connectivity index (χ3v) is 5.36. The van der Waals surface area contributed by atoms with Crippen LogP contribution >= 0.6 is 0 Å². The standard InChI is InChI=1S/C21H18FN7O2/c1-11-7-23-8-14(22)19(11)29-20-13-5-12(16-10-27(2)26-25-16)18(31-4)6-15(13)24-9-17(20)28(3)21(29)30/h5-10H,1-4H3. The lowest BCUT2D eigenvalue weighted by atomic mass is 10.1. The van der Waals surface area contributed by atoms with Crippen LogP contribution in [0.2, 0.25) is 0 Å². The minimum Gasteiger partial charge on any atom is -0.496 e. The van der Waals surface area contributed by atoms with Crippen LogP contribution in [0.15, 0.2) is 41.7 Å². The molecule has 9 nitrogen and oxygen atoms in total. The highest BCUT2D eigenvalue weighted by atomic mass is 19.1. The number of hydrogen-bond acceptors (Lipinski definition) is 6. The van der Waals surface area contributed by atoms with Gasteiger partial charge in [-0.3, -0.25) is 23.8 Å². The van der Waals surface area contributed by atoms with E-state index in [1.165, 1.54) is 15.3 Å². The summed E-state index contributed by atoms with van der Waals surface area (Å²) in [5, 5.41) is 8.84. The third kappa shape index (κ3) is 2.71. The number of rotatable bonds is 3. The molecule has 0 atom stereocenters. The molecule has 0 radical (unpaired) electrons. The van der Waals surface area contributed by atoms with E-state index in [1.807, 2.05) is 6.07 Å². The molecule has 4 aromatic heterocycles. The van der Waals surface area contributed by atoms with E-state index in [4.69, 9.17) is 4.74 Å². The van der Waals surface area contributed by atoms with E-state index in [2.05, 4.69) is 20.3 Å². The van der Waals surface area contributed by atoms with E-state index in [1.54, 1.807) is 51.3 Å². The summed E-state index contributed by atoms with van der Waals surface area (Å²) < 4.78 is 24.8. The molecule has 0 unspecified atom stereocenters. The molecular weight excluding hydrogens is 401 g/mol. The Morgan fingerprint density at radius 1 is 1.13 bits per heavy atom. The third-order valence-electron chi connectivity index (χ3n) is 5.36. The van der Waals surface area contributed by atoms with Crippen molar-refractivity contribution in [1.29, 1.82) is 0 Å². The SMILES string of the molecule is COc1cc2ncc3c(c2cc1-c1cn(C)nn1)n(-c1c(C)cncc1F)c(=O)n3C. The summed E-state index contributed by atoms with van der Waals surface area (Å²) in [6.45, 7) is 1.72. The van der Waals surface area contributed by atoms with Gasteiger partial charge in [0.2, 0.25) is 0 Å². The summed E-state index contributed by atoms with van der Waals surface area (Å²) in [4.78, 5) is 21.6. The lowest BCUT2D eigenvalue weighted by Crippen LogP contribution is -2.22. The van der Waals surface area contributed by atoms with Gasteiger partial charge >= 0.3 is 5.69 Å². The second-order valence-electron chi connectivity index (χ2n) is 7.30. The van der Waals surface area contributed by atoms with Crippen LogP contribution < -0.4 is 10.4 Å². The summed E-state index contributed by atoms with van der Waals surface area (Å²) in [5.74, 6) is -0.0156. The number of aryl methyl sites for hydroxylation is 3. The van der Waals surface area contributed by atoms with Crippen molar-refractivity contribution in [2.75, 3.05) is 7.11 Å². The van der Waals surface area contributed by atoms with Gasteiger partial charge in [-0.2, -0.15) is 0 Å². The number of halogens is 1. The van der Waals surface area contributed by atoms with Gasteiger partial charge in [-0.05, 0) is 18.6 Å². The Balaban J connectivity index is 1.97. The smallest absolute Gasteiger partial charge is 0.333 e. The number of pyridine rings is 2. The molecule has 5 rings (SSSR count). The number of fused-ring (bicyclic) bond motifs is 3. The molecule has 0 aliphatic carbocycles. The Labute approximate surface area is 175 Å². The van der Waals surface area contributed by atoms with Crippen LogP contribution in [0.4, 0.5) is 4.39 Å². The summed E-state index contributed by atoms with van der Waals surface area (Å²) in [7, 11) is 4.97. The van der Waals surface area contributed by atoms with E-state index in [-0.39, 0.29) is 11.4 Å². The molecule has 0 N–H and O–H groups in total. The lowest BCUT2D eigenvalue weighted by Gasteiger charge is -2.12. The monoisotopic (exact) mass is 419 g/mol. The van der Waals surface area contributed by atoms with Crippen molar-refractivity contribution in [3.8, 4) is 22.7 Å². The molecule has 1 aromatic carbocycles. The van der Waals surface area contributed by atoms with E-state index >= 15 is 0 Å². The molecule has 0 aliphatic rings. The molecule has 0 saturated carbocycles. The maximum absolute atomic E-state index is 14.8. The van der Waals surface area contributed by atoms with Crippen LogP contribution in [0.1, 0.15) is 5.56 Å². The zero-order valence-corrected chi connectivity index (χ0v) is 17.3. The van der Waals surface area contributed by atoms with E-state index in [9.17, 15) is 9.18 Å².